The molecule has 0 radical (unpaired) electrons. The first-order valence-corrected chi connectivity index (χ1v) is 20.8. The molecule has 1 aromatic rings. The zero-order valence-corrected chi connectivity index (χ0v) is 33.1. The van der Waals surface area contributed by atoms with Crippen LogP contribution in [-0.2, 0) is 9.59 Å². The molecule has 288 valence electrons. The summed E-state index contributed by atoms with van der Waals surface area (Å²) in [7, 11) is 0. The van der Waals surface area contributed by atoms with Gasteiger partial charge >= 0.3 is 5.97 Å². The Morgan fingerprint density at radius 2 is 1.56 bits per heavy atom. The molecule has 5 saturated carbocycles. The molecule has 10 atom stereocenters. The fourth-order valence-electron chi connectivity index (χ4n) is 13.8. The molecule has 52 heavy (non-hydrogen) atoms. The SMILES string of the molecule is C=C(C)[C@@H]1CC[C@]2(C(=O)NCCCCCCCC(=O)Nc3cccc(C(=O)O)c3)CC[C@]3(C)[C@H](CC[C@@H]4[C@@]5(C)CC[C@H](O)C(C)(C)[C@@H]5CC[C@]43C)[C@@H]12. The fraction of sp³-hybridized carbons (Fsp3) is 0.756. The molecule has 0 aromatic heterocycles. The molecule has 5 aliphatic rings. The Labute approximate surface area is 313 Å². The molecule has 0 unspecified atom stereocenters. The largest absolute Gasteiger partial charge is 0.478 e. The van der Waals surface area contributed by atoms with Gasteiger partial charge in [-0.15, -0.1) is 0 Å². The summed E-state index contributed by atoms with van der Waals surface area (Å²) in [5.41, 5.74) is 2.26. The number of carboxylic acid groups (broad SMARTS) is 1. The van der Waals surface area contributed by atoms with Crippen LogP contribution in [0, 0.1) is 56.7 Å². The highest BCUT2D eigenvalue weighted by Crippen LogP contribution is 2.77. The van der Waals surface area contributed by atoms with Gasteiger partial charge in [0.1, 0.15) is 0 Å². The fourth-order valence-corrected chi connectivity index (χ4v) is 13.8. The number of fused-ring (bicyclic) bond motifs is 7. The Morgan fingerprint density at radius 1 is 0.827 bits per heavy atom. The van der Waals surface area contributed by atoms with Gasteiger partial charge in [0.15, 0.2) is 0 Å². The molecule has 5 fully saturated rings. The van der Waals surface area contributed by atoms with Crippen molar-refractivity contribution in [2.45, 2.75) is 150 Å². The summed E-state index contributed by atoms with van der Waals surface area (Å²) < 4.78 is 0. The first-order valence-electron chi connectivity index (χ1n) is 20.8. The second kappa shape index (κ2) is 14.5. The van der Waals surface area contributed by atoms with E-state index in [-0.39, 0.29) is 50.6 Å². The predicted octanol–water partition coefficient (Wildman–Crippen LogP) is 9.80. The highest BCUT2D eigenvalue weighted by Gasteiger charge is 2.71. The number of allylic oxidation sites excluding steroid dienone is 1. The first-order chi connectivity index (χ1) is 24.5. The number of amides is 2. The van der Waals surface area contributed by atoms with Crippen molar-refractivity contribution in [3.63, 3.8) is 0 Å². The van der Waals surface area contributed by atoms with Crippen LogP contribution >= 0.6 is 0 Å². The van der Waals surface area contributed by atoms with Crippen LogP contribution in [0.2, 0.25) is 0 Å². The number of aromatic carboxylic acids is 1. The minimum absolute atomic E-state index is 0.0432. The van der Waals surface area contributed by atoms with E-state index in [1.165, 1.54) is 43.4 Å². The minimum atomic E-state index is -1.01. The Balaban J connectivity index is 1.04. The molecule has 2 amide bonds. The number of aliphatic hydroxyl groups excluding tert-OH is 1. The van der Waals surface area contributed by atoms with Crippen LogP contribution in [0.3, 0.4) is 0 Å². The van der Waals surface area contributed by atoms with E-state index in [1.807, 2.05) is 0 Å². The third-order valence-electron chi connectivity index (χ3n) is 16.8. The average molecular weight is 717 g/mol. The number of hydrogen-bond donors (Lipinski definition) is 4. The van der Waals surface area contributed by atoms with Crippen LogP contribution in [0.25, 0.3) is 0 Å². The normalized spacial score (nSPS) is 38.9. The highest BCUT2D eigenvalue weighted by molar-refractivity contribution is 5.93. The number of rotatable bonds is 12. The first kappa shape index (κ1) is 39.0. The molecule has 1 aromatic carbocycles. The maximum absolute atomic E-state index is 14.4. The van der Waals surface area contributed by atoms with Gasteiger partial charge in [0.2, 0.25) is 11.8 Å². The number of aliphatic hydroxyl groups is 1. The Hall–Kier alpha value is -2.67. The molecule has 0 heterocycles. The Kier molecular flexibility index (Phi) is 10.9. The Bertz CT molecular complexity index is 1540. The number of benzene rings is 1. The van der Waals surface area contributed by atoms with Crippen LogP contribution in [0.1, 0.15) is 155 Å². The molecule has 0 spiro atoms. The van der Waals surface area contributed by atoms with E-state index in [0.717, 1.165) is 70.6 Å². The number of carbonyl (C=O) groups excluding carboxylic acids is 2. The van der Waals surface area contributed by atoms with Crippen molar-refractivity contribution >= 4 is 23.5 Å². The molecular formula is C45H68N2O5. The number of carbonyl (C=O) groups is 3. The summed E-state index contributed by atoms with van der Waals surface area (Å²) in [5, 5.41) is 26.5. The van der Waals surface area contributed by atoms with Crippen molar-refractivity contribution in [1.29, 1.82) is 0 Å². The van der Waals surface area contributed by atoms with E-state index >= 15 is 0 Å². The number of carboxylic acids is 1. The molecule has 0 saturated heterocycles. The second-order valence-electron chi connectivity index (χ2n) is 19.4. The van der Waals surface area contributed by atoms with Crippen LogP contribution < -0.4 is 10.6 Å². The van der Waals surface area contributed by atoms with Gasteiger partial charge in [0, 0.05) is 18.7 Å². The minimum Gasteiger partial charge on any atom is -0.478 e. The van der Waals surface area contributed by atoms with Gasteiger partial charge in [-0.25, -0.2) is 4.79 Å². The van der Waals surface area contributed by atoms with E-state index in [1.54, 1.807) is 12.1 Å². The summed E-state index contributed by atoms with van der Waals surface area (Å²) in [5.74, 6) is 1.68. The number of nitrogens with one attached hydrogen (secondary N) is 2. The maximum atomic E-state index is 14.4. The van der Waals surface area contributed by atoms with Gasteiger partial charge in [-0.2, -0.15) is 0 Å². The second-order valence-corrected chi connectivity index (χ2v) is 19.4. The molecule has 7 nitrogen and oxygen atoms in total. The van der Waals surface area contributed by atoms with E-state index in [2.05, 4.69) is 58.8 Å². The smallest absolute Gasteiger partial charge is 0.335 e. The standard InChI is InChI=1S/C45H68N2O5/c1-29(2)32-19-24-45(40(52)46-27-12-10-8-9-11-16-37(49)47-31-15-13-14-30(28-31)39(50)51)26-25-43(6)33(38(32)45)17-18-35-42(5)22-21-36(48)41(3,4)34(42)20-23-44(35,43)7/h13-15,28,32-36,38,48H,1,8-12,16-27H2,2-7H3,(H,46,52)(H,47,49)(H,50,51)/t32-,33+,34-,35+,36-,38+,42-,43+,44+,45-/m0/s1. The topological polar surface area (TPSA) is 116 Å². The third kappa shape index (κ3) is 6.47. The summed E-state index contributed by atoms with van der Waals surface area (Å²) in [6, 6.07) is 6.33. The van der Waals surface area contributed by atoms with E-state index in [0.29, 0.717) is 48.2 Å². The van der Waals surface area contributed by atoms with Gasteiger partial charge in [0.05, 0.1) is 17.1 Å². The third-order valence-corrected chi connectivity index (χ3v) is 16.8. The predicted molar refractivity (Wildman–Crippen MR) is 208 cm³/mol. The van der Waals surface area contributed by atoms with Crippen LogP contribution in [0.15, 0.2) is 36.4 Å². The van der Waals surface area contributed by atoms with Crippen molar-refractivity contribution in [2.24, 2.45) is 56.7 Å². The lowest BCUT2D eigenvalue weighted by Gasteiger charge is -2.72. The summed E-state index contributed by atoms with van der Waals surface area (Å²) in [6.07, 6.45) is 16.0. The van der Waals surface area contributed by atoms with E-state index in [9.17, 15) is 24.6 Å². The lowest BCUT2D eigenvalue weighted by atomic mass is 9.32. The van der Waals surface area contributed by atoms with Crippen molar-refractivity contribution in [1.82, 2.24) is 5.32 Å². The van der Waals surface area contributed by atoms with Gasteiger partial charge < -0.3 is 20.8 Å². The number of unbranched alkanes of at least 4 members (excludes halogenated alkanes) is 4. The quantitative estimate of drug-likeness (QED) is 0.127. The number of hydrogen-bond acceptors (Lipinski definition) is 4. The van der Waals surface area contributed by atoms with Crippen molar-refractivity contribution in [3.05, 3.63) is 42.0 Å². The maximum Gasteiger partial charge on any atom is 0.335 e. The molecule has 5 aliphatic carbocycles. The zero-order valence-electron chi connectivity index (χ0n) is 33.1. The van der Waals surface area contributed by atoms with E-state index < -0.39 is 5.97 Å². The van der Waals surface area contributed by atoms with Gasteiger partial charge in [0.25, 0.3) is 0 Å². The molecular weight excluding hydrogens is 649 g/mol. The van der Waals surface area contributed by atoms with Crippen LogP contribution in [-0.4, -0.2) is 40.6 Å². The van der Waals surface area contributed by atoms with Gasteiger partial charge in [-0.3, -0.25) is 9.59 Å². The monoisotopic (exact) mass is 717 g/mol. The summed E-state index contributed by atoms with van der Waals surface area (Å²) >= 11 is 0. The van der Waals surface area contributed by atoms with Crippen molar-refractivity contribution in [2.75, 3.05) is 11.9 Å². The molecule has 7 heteroatoms. The Morgan fingerprint density at radius 3 is 2.29 bits per heavy atom. The molecule has 6 rings (SSSR count). The summed E-state index contributed by atoms with van der Waals surface area (Å²) in [6.45, 7) is 20.0. The molecule has 4 N–H and O–H groups in total. The lowest BCUT2D eigenvalue weighted by Crippen LogP contribution is -2.67. The van der Waals surface area contributed by atoms with E-state index in [4.69, 9.17) is 0 Å². The molecule has 0 aliphatic heterocycles. The van der Waals surface area contributed by atoms with Crippen molar-refractivity contribution < 1.29 is 24.6 Å². The number of anilines is 1. The average Bonchev–Trinajstić information content (AvgIpc) is 3.49. The lowest BCUT2D eigenvalue weighted by molar-refractivity contribution is -0.246. The van der Waals surface area contributed by atoms with Crippen LogP contribution in [0.5, 0.6) is 0 Å². The van der Waals surface area contributed by atoms with Gasteiger partial charge in [-0.1, -0.05) is 72.1 Å². The van der Waals surface area contributed by atoms with Crippen molar-refractivity contribution in [3.8, 4) is 0 Å². The molecule has 0 bridgehead atoms. The summed E-state index contributed by atoms with van der Waals surface area (Å²) in [4.78, 5) is 38.0. The highest BCUT2D eigenvalue weighted by atomic mass is 16.4. The van der Waals surface area contributed by atoms with Crippen LogP contribution in [0.4, 0.5) is 5.69 Å². The zero-order chi connectivity index (χ0) is 37.7. The van der Waals surface area contributed by atoms with Gasteiger partial charge in [-0.05, 0) is 153 Å².